The first-order valence-corrected chi connectivity index (χ1v) is 10.2. The fraction of sp³-hybridized carbons (Fsp3) is 0.591. The highest BCUT2D eigenvalue weighted by Crippen LogP contribution is 2.50. The maximum atomic E-state index is 6.03. The highest BCUT2D eigenvalue weighted by Gasteiger charge is 2.49. The molecule has 3 aliphatic carbocycles. The first-order chi connectivity index (χ1) is 12.7. The number of nitrogens with two attached hydrogens (primary N) is 1. The molecule has 138 valence electrons. The zero-order chi connectivity index (χ0) is 17.6. The Morgan fingerprint density at radius 1 is 1.12 bits per heavy atom. The average molecular weight is 351 g/mol. The van der Waals surface area contributed by atoms with E-state index in [4.69, 9.17) is 10.3 Å². The molecule has 0 radical (unpaired) electrons. The molecule has 3 aliphatic rings. The van der Waals surface area contributed by atoms with E-state index in [0.29, 0.717) is 23.9 Å². The van der Waals surface area contributed by atoms with E-state index >= 15 is 0 Å². The summed E-state index contributed by atoms with van der Waals surface area (Å²) < 4.78 is 5.81. The van der Waals surface area contributed by atoms with Crippen molar-refractivity contribution >= 4 is 0 Å². The second-order valence-electron chi connectivity index (χ2n) is 8.75. The molecule has 3 N–H and O–H groups in total. The first-order valence-electron chi connectivity index (χ1n) is 10.2. The van der Waals surface area contributed by atoms with Crippen molar-refractivity contribution in [1.29, 1.82) is 0 Å². The van der Waals surface area contributed by atoms with Gasteiger partial charge in [0, 0.05) is 41.9 Å². The minimum Gasteiger partial charge on any atom is -0.360 e. The fourth-order valence-electron chi connectivity index (χ4n) is 4.62. The van der Waals surface area contributed by atoms with Crippen LogP contribution in [-0.4, -0.2) is 23.8 Å². The highest BCUT2D eigenvalue weighted by atomic mass is 16.5. The van der Waals surface area contributed by atoms with Crippen LogP contribution in [0.1, 0.15) is 73.8 Å². The zero-order valence-electron chi connectivity index (χ0n) is 15.4. The number of rotatable bonds is 6. The number of hydrogen-bond acceptors (Lipinski definition) is 4. The van der Waals surface area contributed by atoms with E-state index in [-0.39, 0.29) is 5.41 Å². The van der Waals surface area contributed by atoms with Crippen LogP contribution < -0.4 is 11.1 Å². The summed E-state index contributed by atoms with van der Waals surface area (Å²) >= 11 is 0. The van der Waals surface area contributed by atoms with Gasteiger partial charge in [-0.1, -0.05) is 35.5 Å². The Hall–Kier alpha value is -1.65. The lowest BCUT2D eigenvalue weighted by Crippen LogP contribution is -2.29. The van der Waals surface area contributed by atoms with Gasteiger partial charge in [-0.25, -0.2) is 0 Å². The summed E-state index contributed by atoms with van der Waals surface area (Å²) in [7, 11) is 0. The zero-order valence-corrected chi connectivity index (χ0v) is 15.4. The van der Waals surface area contributed by atoms with E-state index in [0.717, 1.165) is 43.7 Å². The predicted molar refractivity (Wildman–Crippen MR) is 102 cm³/mol. The van der Waals surface area contributed by atoms with E-state index in [1.54, 1.807) is 0 Å². The minimum absolute atomic E-state index is 0.195. The summed E-state index contributed by atoms with van der Waals surface area (Å²) in [6, 6.07) is 14.1. The average Bonchev–Trinajstić information content (AvgIpc) is 3.59. The van der Waals surface area contributed by atoms with E-state index in [1.807, 2.05) is 0 Å². The second kappa shape index (κ2) is 6.50. The molecule has 0 amide bonds. The number of nitrogens with one attached hydrogen (secondary N) is 1. The van der Waals surface area contributed by atoms with Gasteiger partial charge in [-0.05, 0) is 50.5 Å². The minimum atomic E-state index is 0.195. The summed E-state index contributed by atoms with van der Waals surface area (Å²) in [4.78, 5) is 0. The summed E-state index contributed by atoms with van der Waals surface area (Å²) in [5.41, 5.74) is 8.85. The molecule has 4 heteroatoms. The molecule has 26 heavy (non-hydrogen) atoms. The molecule has 4 nitrogen and oxygen atoms in total. The monoisotopic (exact) mass is 351 g/mol. The Kier molecular flexibility index (Phi) is 4.13. The van der Waals surface area contributed by atoms with E-state index < -0.39 is 0 Å². The molecule has 0 bridgehead atoms. The Morgan fingerprint density at radius 3 is 2.62 bits per heavy atom. The van der Waals surface area contributed by atoms with Crippen LogP contribution in [0.15, 0.2) is 40.9 Å². The lowest BCUT2D eigenvalue weighted by atomic mass is 9.84. The number of benzene rings is 1. The van der Waals surface area contributed by atoms with Crippen LogP contribution in [0.3, 0.4) is 0 Å². The maximum Gasteiger partial charge on any atom is 0.144 e. The Balaban J connectivity index is 1.18. The molecule has 0 spiro atoms. The topological polar surface area (TPSA) is 64.1 Å². The van der Waals surface area contributed by atoms with Crippen LogP contribution in [0.25, 0.3) is 0 Å². The van der Waals surface area contributed by atoms with Gasteiger partial charge in [-0.3, -0.25) is 0 Å². The number of aromatic nitrogens is 1. The van der Waals surface area contributed by atoms with Crippen molar-refractivity contribution in [2.24, 2.45) is 5.73 Å². The Morgan fingerprint density at radius 2 is 1.88 bits per heavy atom. The highest BCUT2D eigenvalue weighted by molar-refractivity contribution is 5.29. The third kappa shape index (κ3) is 3.21. The molecule has 0 unspecified atom stereocenters. The van der Waals surface area contributed by atoms with Gasteiger partial charge >= 0.3 is 0 Å². The van der Waals surface area contributed by atoms with Crippen LogP contribution in [0.5, 0.6) is 0 Å². The van der Waals surface area contributed by atoms with Crippen LogP contribution >= 0.6 is 0 Å². The van der Waals surface area contributed by atoms with Crippen LogP contribution in [0.2, 0.25) is 0 Å². The van der Waals surface area contributed by atoms with Crippen molar-refractivity contribution in [3.63, 3.8) is 0 Å². The normalized spacial score (nSPS) is 32.3. The van der Waals surface area contributed by atoms with Crippen LogP contribution in [0, 0.1) is 0 Å². The largest absolute Gasteiger partial charge is 0.360 e. The number of hydrogen-bond donors (Lipinski definition) is 2. The van der Waals surface area contributed by atoms with Crippen LogP contribution in [-0.2, 0) is 5.41 Å². The second-order valence-corrected chi connectivity index (χ2v) is 8.75. The molecule has 3 saturated carbocycles. The van der Waals surface area contributed by atoms with E-state index in [1.165, 1.54) is 24.8 Å². The van der Waals surface area contributed by atoms with Crippen LogP contribution in [0.4, 0.5) is 0 Å². The number of nitrogens with zero attached hydrogens (tertiary/aromatic N) is 1. The van der Waals surface area contributed by atoms with Gasteiger partial charge in [0.2, 0.25) is 0 Å². The third-order valence-corrected chi connectivity index (χ3v) is 6.82. The van der Waals surface area contributed by atoms with Crippen molar-refractivity contribution in [2.75, 3.05) is 6.54 Å². The summed E-state index contributed by atoms with van der Waals surface area (Å²) in [5.74, 6) is 2.33. The van der Waals surface area contributed by atoms with Gasteiger partial charge in [-0.15, -0.1) is 0 Å². The van der Waals surface area contributed by atoms with Gasteiger partial charge in [0.15, 0.2) is 0 Å². The summed E-state index contributed by atoms with van der Waals surface area (Å²) in [6.07, 6.45) is 8.21. The lowest BCUT2D eigenvalue weighted by Gasteiger charge is -2.24. The standard InChI is InChI=1S/C22H29N3O/c23-17-8-6-16(7-9-17)19-13-21(26-25-19)22(10-11-22)14-24-20-12-18(20)15-4-2-1-3-5-15/h1-5,13,16-18,20,24H,6-12,14,23H2/t16-,17-,18-,20+/m0/s1. The molecule has 5 rings (SSSR count). The van der Waals surface area contributed by atoms with Gasteiger partial charge < -0.3 is 15.6 Å². The SMILES string of the molecule is N[C@H]1CC[C@H](c2cc(C3(CN[C@@H]4C[C@H]4c4ccccc4)CC3)on2)CC1. The molecule has 2 aromatic rings. The van der Waals surface area contributed by atoms with E-state index in [2.05, 4.69) is 46.9 Å². The quantitative estimate of drug-likeness (QED) is 0.830. The lowest BCUT2D eigenvalue weighted by molar-refractivity contribution is 0.327. The Bertz CT molecular complexity index is 744. The Labute approximate surface area is 155 Å². The molecule has 0 aliphatic heterocycles. The van der Waals surface area contributed by atoms with Crippen molar-refractivity contribution in [2.45, 2.75) is 74.3 Å². The summed E-state index contributed by atoms with van der Waals surface area (Å²) in [6.45, 7) is 1.02. The molecule has 3 fully saturated rings. The van der Waals surface area contributed by atoms with Crippen molar-refractivity contribution in [1.82, 2.24) is 10.5 Å². The van der Waals surface area contributed by atoms with Crippen molar-refractivity contribution < 1.29 is 4.52 Å². The summed E-state index contributed by atoms with van der Waals surface area (Å²) in [5, 5.41) is 8.23. The smallest absolute Gasteiger partial charge is 0.144 e. The maximum absolute atomic E-state index is 6.03. The van der Waals surface area contributed by atoms with Gasteiger partial charge in [0.1, 0.15) is 5.76 Å². The first kappa shape index (κ1) is 16.5. The molecule has 1 aromatic heterocycles. The van der Waals surface area contributed by atoms with Crippen molar-refractivity contribution in [3.8, 4) is 0 Å². The molecule has 1 aromatic carbocycles. The fourth-order valence-corrected chi connectivity index (χ4v) is 4.62. The van der Waals surface area contributed by atoms with Gasteiger partial charge in [0.05, 0.1) is 5.69 Å². The molecule has 2 atom stereocenters. The predicted octanol–water partition coefficient (Wildman–Crippen LogP) is 3.84. The van der Waals surface area contributed by atoms with E-state index in [9.17, 15) is 0 Å². The molecular formula is C22H29N3O. The molecule has 0 saturated heterocycles. The van der Waals surface area contributed by atoms with Gasteiger partial charge in [0.25, 0.3) is 0 Å². The van der Waals surface area contributed by atoms with Crippen molar-refractivity contribution in [3.05, 3.63) is 53.4 Å². The molecular weight excluding hydrogens is 322 g/mol. The molecule has 1 heterocycles. The van der Waals surface area contributed by atoms with Gasteiger partial charge in [-0.2, -0.15) is 0 Å². The third-order valence-electron chi connectivity index (χ3n) is 6.82.